The number of carbonyl (C=O) groups is 1. The Bertz CT molecular complexity index is 1120. The Morgan fingerprint density at radius 1 is 1.03 bits per heavy atom. The highest BCUT2D eigenvalue weighted by Gasteiger charge is 2.18. The smallest absolute Gasteiger partial charge is 0.248 e. The van der Waals surface area contributed by atoms with Crippen LogP contribution >= 0.6 is 11.3 Å². The van der Waals surface area contributed by atoms with Crippen LogP contribution in [0.2, 0.25) is 0 Å². The summed E-state index contributed by atoms with van der Waals surface area (Å²) in [5.74, 6) is 0.898. The number of rotatable bonds is 7. The third-order valence-corrected chi connectivity index (χ3v) is 5.79. The highest BCUT2D eigenvalue weighted by molar-refractivity contribution is 7.08. The van der Waals surface area contributed by atoms with Crippen molar-refractivity contribution in [2.24, 2.45) is 0 Å². The van der Waals surface area contributed by atoms with E-state index in [-0.39, 0.29) is 18.4 Å². The van der Waals surface area contributed by atoms with E-state index in [9.17, 15) is 4.79 Å². The molecular weight excluding hydrogens is 394 g/mol. The fourth-order valence-corrected chi connectivity index (χ4v) is 3.89. The zero-order valence-electron chi connectivity index (χ0n) is 17.0. The number of hydrogen-bond donors (Lipinski definition) is 1. The first-order chi connectivity index (χ1) is 14.6. The molecule has 4 rings (SSSR count). The second kappa shape index (κ2) is 9.05. The summed E-state index contributed by atoms with van der Waals surface area (Å²) in [5.41, 5.74) is 5.45. The maximum absolute atomic E-state index is 12.8. The number of hydrogen-bond acceptors (Lipinski definition) is 5. The lowest BCUT2D eigenvalue weighted by atomic mass is 9.95. The molecule has 2 heterocycles. The summed E-state index contributed by atoms with van der Waals surface area (Å²) in [4.78, 5) is 12.8. The first-order valence-corrected chi connectivity index (χ1v) is 10.8. The van der Waals surface area contributed by atoms with E-state index in [0.717, 1.165) is 16.7 Å². The van der Waals surface area contributed by atoms with E-state index in [1.807, 2.05) is 47.2 Å². The Hall–Kier alpha value is -3.25. The van der Waals surface area contributed by atoms with Crippen molar-refractivity contribution in [3.63, 3.8) is 0 Å². The topological polar surface area (TPSA) is 68.0 Å². The molecule has 2 aromatic heterocycles. The number of carbonyl (C=O) groups excluding carboxylic acids is 1. The molecule has 30 heavy (non-hydrogen) atoms. The van der Waals surface area contributed by atoms with Crippen molar-refractivity contribution in [2.45, 2.75) is 32.7 Å². The normalized spacial score (nSPS) is 11.9. The summed E-state index contributed by atoms with van der Waals surface area (Å²) in [6, 6.07) is 18.0. The first-order valence-electron chi connectivity index (χ1n) is 9.86. The van der Waals surface area contributed by atoms with Crippen LogP contribution in [-0.4, -0.2) is 16.1 Å². The van der Waals surface area contributed by atoms with Gasteiger partial charge in [-0.15, -0.1) is 10.2 Å². The number of amides is 1. The molecule has 0 fully saturated rings. The molecular formula is C24H23N3O2S. The predicted octanol–water partition coefficient (Wildman–Crippen LogP) is 5.25. The first kappa shape index (κ1) is 20.0. The van der Waals surface area contributed by atoms with Crippen LogP contribution in [0.25, 0.3) is 11.5 Å². The van der Waals surface area contributed by atoms with E-state index in [1.165, 1.54) is 11.1 Å². The summed E-state index contributed by atoms with van der Waals surface area (Å²) in [6.07, 6.45) is 0.677. The number of benzene rings is 2. The Morgan fingerprint density at radius 2 is 1.87 bits per heavy atom. The summed E-state index contributed by atoms with van der Waals surface area (Å²) in [6.45, 7) is 4.17. The molecule has 1 N–H and O–H groups in total. The van der Waals surface area contributed by atoms with Gasteiger partial charge in [-0.25, -0.2) is 0 Å². The van der Waals surface area contributed by atoms with Crippen LogP contribution in [0.5, 0.6) is 0 Å². The number of nitrogens with one attached hydrogen (secondary N) is 1. The molecule has 0 spiro atoms. The van der Waals surface area contributed by atoms with Gasteiger partial charge >= 0.3 is 0 Å². The average Bonchev–Trinajstić information content (AvgIpc) is 3.45. The summed E-state index contributed by atoms with van der Waals surface area (Å²) in [5, 5.41) is 15.2. The number of aryl methyl sites for hydroxylation is 3. The van der Waals surface area contributed by atoms with Crippen molar-refractivity contribution in [3.8, 4) is 11.5 Å². The quantitative estimate of drug-likeness (QED) is 0.446. The molecule has 0 saturated heterocycles. The van der Waals surface area contributed by atoms with Crippen LogP contribution in [-0.2, 0) is 11.2 Å². The van der Waals surface area contributed by atoms with Gasteiger partial charge in [0.2, 0.25) is 17.7 Å². The van der Waals surface area contributed by atoms with Crippen LogP contribution in [0.15, 0.2) is 69.8 Å². The zero-order valence-corrected chi connectivity index (χ0v) is 17.8. The fraction of sp³-hybridized carbons (Fsp3) is 0.208. The highest BCUT2D eigenvalue weighted by atomic mass is 32.1. The Kier molecular flexibility index (Phi) is 6.05. The van der Waals surface area contributed by atoms with Crippen molar-refractivity contribution >= 4 is 17.2 Å². The van der Waals surface area contributed by atoms with Crippen molar-refractivity contribution in [3.05, 3.63) is 93.5 Å². The van der Waals surface area contributed by atoms with E-state index in [2.05, 4.69) is 47.6 Å². The molecule has 0 radical (unpaired) electrons. The average molecular weight is 418 g/mol. The summed E-state index contributed by atoms with van der Waals surface area (Å²) in [7, 11) is 0. The van der Waals surface area contributed by atoms with Gasteiger partial charge in [0, 0.05) is 23.8 Å². The van der Waals surface area contributed by atoms with Gasteiger partial charge in [-0.2, -0.15) is 11.3 Å². The molecule has 5 nitrogen and oxygen atoms in total. The molecule has 1 amide bonds. The number of thiophene rings is 1. The monoisotopic (exact) mass is 417 g/mol. The molecule has 1 atom stereocenters. The lowest BCUT2D eigenvalue weighted by molar-refractivity contribution is -0.121. The number of nitrogens with zero attached hydrogens (tertiary/aromatic N) is 2. The summed E-state index contributed by atoms with van der Waals surface area (Å²) >= 11 is 1.57. The molecule has 0 aliphatic carbocycles. The van der Waals surface area contributed by atoms with Gasteiger partial charge in [0.05, 0.1) is 6.04 Å². The van der Waals surface area contributed by atoms with Gasteiger partial charge in [0.25, 0.3) is 0 Å². The van der Waals surface area contributed by atoms with Crippen molar-refractivity contribution in [1.82, 2.24) is 15.5 Å². The molecule has 0 bridgehead atoms. The van der Waals surface area contributed by atoms with Crippen molar-refractivity contribution in [1.29, 1.82) is 0 Å². The van der Waals surface area contributed by atoms with E-state index in [1.54, 1.807) is 11.3 Å². The minimum atomic E-state index is -0.206. The van der Waals surface area contributed by atoms with Gasteiger partial charge in [-0.3, -0.25) is 4.79 Å². The zero-order chi connectivity index (χ0) is 20.9. The third kappa shape index (κ3) is 4.66. The van der Waals surface area contributed by atoms with Gasteiger partial charge in [-0.1, -0.05) is 48.5 Å². The van der Waals surface area contributed by atoms with Crippen LogP contribution in [0.3, 0.4) is 0 Å². The Labute approximate surface area is 179 Å². The van der Waals surface area contributed by atoms with Gasteiger partial charge < -0.3 is 9.73 Å². The SMILES string of the molecule is Cc1ccc([C@H](NC(=O)CCc2nnc(-c3ccsc3)o2)c2ccccc2)cc1C. The molecule has 4 aromatic rings. The molecule has 2 aromatic carbocycles. The standard InChI is InChI=1S/C24H23N3O2S/c1-16-8-9-19(14-17(16)2)23(18-6-4-3-5-7-18)25-21(28)10-11-22-26-27-24(29-22)20-12-13-30-15-20/h3-9,12-15,23H,10-11H2,1-2H3,(H,25,28)/t23-/m1/s1. The van der Waals surface area contributed by atoms with Crippen molar-refractivity contribution in [2.75, 3.05) is 0 Å². The molecule has 6 heteroatoms. The Balaban J connectivity index is 1.46. The minimum Gasteiger partial charge on any atom is -0.421 e. The number of aromatic nitrogens is 2. The van der Waals surface area contributed by atoms with E-state index in [4.69, 9.17) is 4.42 Å². The van der Waals surface area contributed by atoms with Crippen LogP contribution in [0.4, 0.5) is 0 Å². The highest BCUT2D eigenvalue weighted by Crippen LogP contribution is 2.25. The van der Waals surface area contributed by atoms with Gasteiger partial charge in [0.15, 0.2) is 0 Å². The fourth-order valence-electron chi connectivity index (χ4n) is 3.26. The van der Waals surface area contributed by atoms with Crippen LogP contribution in [0.1, 0.15) is 40.6 Å². The molecule has 0 unspecified atom stereocenters. The summed E-state index contributed by atoms with van der Waals surface area (Å²) < 4.78 is 5.69. The van der Waals surface area contributed by atoms with E-state index in [0.29, 0.717) is 18.2 Å². The maximum atomic E-state index is 12.8. The molecule has 0 saturated carbocycles. The second-order valence-electron chi connectivity index (χ2n) is 7.27. The lowest BCUT2D eigenvalue weighted by Crippen LogP contribution is -2.29. The van der Waals surface area contributed by atoms with Gasteiger partial charge in [-0.05, 0) is 47.5 Å². The van der Waals surface area contributed by atoms with Crippen LogP contribution < -0.4 is 5.32 Å². The van der Waals surface area contributed by atoms with E-state index >= 15 is 0 Å². The Morgan fingerprint density at radius 3 is 2.60 bits per heavy atom. The van der Waals surface area contributed by atoms with Crippen molar-refractivity contribution < 1.29 is 9.21 Å². The van der Waals surface area contributed by atoms with Crippen LogP contribution in [0, 0.1) is 13.8 Å². The predicted molar refractivity (Wildman–Crippen MR) is 118 cm³/mol. The molecule has 0 aliphatic rings. The minimum absolute atomic E-state index is 0.0580. The lowest BCUT2D eigenvalue weighted by Gasteiger charge is -2.21. The molecule has 152 valence electrons. The van der Waals surface area contributed by atoms with Gasteiger partial charge in [0.1, 0.15) is 0 Å². The maximum Gasteiger partial charge on any atom is 0.248 e. The second-order valence-corrected chi connectivity index (χ2v) is 8.05. The molecule has 0 aliphatic heterocycles. The largest absolute Gasteiger partial charge is 0.421 e. The third-order valence-electron chi connectivity index (χ3n) is 5.10. The van der Waals surface area contributed by atoms with E-state index < -0.39 is 0 Å².